The quantitative estimate of drug-likeness (QED) is 0.759. The topological polar surface area (TPSA) is 26.3 Å². The van der Waals surface area contributed by atoms with Crippen LogP contribution in [0, 0.1) is 0 Å². The molecule has 1 fully saturated rings. The minimum Gasteiger partial charge on any atom is -0.370 e. The molecule has 0 unspecified atom stereocenters. The Morgan fingerprint density at radius 2 is 2.07 bits per heavy atom. The lowest BCUT2D eigenvalue weighted by molar-refractivity contribution is 0.0643. The Bertz CT molecular complexity index is 326. The van der Waals surface area contributed by atoms with Crippen molar-refractivity contribution in [1.82, 2.24) is 0 Å². The molecule has 3 heteroatoms. The summed E-state index contributed by atoms with van der Waals surface area (Å²) >= 11 is 3.34. The maximum Gasteiger partial charge on any atom is 0.191 e. The largest absolute Gasteiger partial charge is 0.370 e. The van der Waals surface area contributed by atoms with Gasteiger partial charge in [0.1, 0.15) is 6.10 Å². The number of halogens is 1. The van der Waals surface area contributed by atoms with Gasteiger partial charge in [0.15, 0.2) is 5.78 Å². The molecule has 1 saturated heterocycles. The average molecular weight is 255 g/mol. The molecule has 14 heavy (non-hydrogen) atoms. The van der Waals surface area contributed by atoms with Crippen LogP contribution in [0.5, 0.6) is 0 Å². The van der Waals surface area contributed by atoms with Crippen LogP contribution in [0.1, 0.15) is 23.2 Å². The third kappa shape index (κ3) is 2.04. The van der Waals surface area contributed by atoms with Crippen molar-refractivity contribution < 1.29 is 9.53 Å². The maximum absolute atomic E-state index is 11.8. The van der Waals surface area contributed by atoms with Crippen molar-refractivity contribution >= 4 is 21.7 Å². The van der Waals surface area contributed by atoms with Gasteiger partial charge >= 0.3 is 0 Å². The van der Waals surface area contributed by atoms with Gasteiger partial charge in [-0.15, -0.1) is 0 Å². The molecule has 1 atom stereocenters. The number of hydrogen-bond donors (Lipinski definition) is 0. The number of ketones is 1. The summed E-state index contributed by atoms with van der Waals surface area (Å²) in [6.45, 7) is 0.715. The molecule has 0 N–H and O–H groups in total. The fourth-order valence-corrected chi connectivity index (χ4v) is 1.85. The first-order valence-electron chi connectivity index (χ1n) is 4.69. The molecule has 2 rings (SSSR count). The van der Waals surface area contributed by atoms with Crippen LogP contribution in [0.4, 0.5) is 0 Å². The molecule has 0 amide bonds. The van der Waals surface area contributed by atoms with Crippen LogP contribution in [0.2, 0.25) is 0 Å². The summed E-state index contributed by atoms with van der Waals surface area (Å²) in [4.78, 5) is 11.8. The Balaban J connectivity index is 2.14. The predicted molar refractivity (Wildman–Crippen MR) is 57.4 cm³/mol. The molecule has 0 aliphatic carbocycles. The van der Waals surface area contributed by atoms with Gasteiger partial charge in [-0.2, -0.15) is 0 Å². The summed E-state index contributed by atoms with van der Waals surface area (Å²) in [6.07, 6.45) is 1.64. The van der Waals surface area contributed by atoms with Crippen molar-refractivity contribution in [1.29, 1.82) is 0 Å². The van der Waals surface area contributed by atoms with Crippen LogP contribution < -0.4 is 0 Å². The number of carbonyl (C=O) groups is 1. The standard InChI is InChI=1S/C11H11BrO2/c12-9-5-3-8(4-6-9)11(13)10-2-1-7-14-10/h3-6,10H,1-2,7H2/t10-/m1/s1. The lowest BCUT2D eigenvalue weighted by Crippen LogP contribution is -2.19. The van der Waals surface area contributed by atoms with E-state index in [1.807, 2.05) is 24.3 Å². The molecule has 0 bridgehead atoms. The van der Waals surface area contributed by atoms with E-state index in [1.54, 1.807) is 0 Å². The first-order valence-corrected chi connectivity index (χ1v) is 5.48. The molecule has 74 valence electrons. The predicted octanol–water partition coefficient (Wildman–Crippen LogP) is 2.81. The average Bonchev–Trinajstić information content (AvgIpc) is 2.71. The van der Waals surface area contributed by atoms with E-state index in [1.165, 1.54) is 0 Å². The van der Waals surface area contributed by atoms with Crippen LogP contribution >= 0.6 is 15.9 Å². The Labute approximate surface area is 91.4 Å². The number of carbonyl (C=O) groups excluding carboxylic acids is 1. The molecule has 0 saturated carbocycles. The molecule has 0 aromatic heterocycles. The van der Waals surface area contributed by atoms with Crippen molar-refractivity contribution in [3.05, 3.63) is 34.3 Å². The number of rotatable bonds is 2. The number of hydrogen-bond acceptors (Lipinski definition) is 2. The zero-order valence-electron chi connectivity index (χ0n) is 7.70. The maximum atomic E-state index is 11.8. The van der Waals surface area contributed by atoms with E-state index in [2.05, 4.69) is 15.9 Å². The third-order valence-corrected chi connectivity index (χ3v) is 2.88. The van der Waals surface area contributed by atoms with Crippen LogP contribution in [-0.2, 0) is 4.74 Å². The minimum absolute atomic E-state index is 0.106. The fraction of sp³-hybridized carbons (Fsp3) is 0.364. The molecule has 1 aromatic carbocycles. The summed E-state index contributed by atoms with van der Waals surface area (Å²) in [5.74, 6) is 0.106. The van der Waals surface area contributed by atoms with Crippen molar-refractivity contribution in [2.75, 3.05) is 6.61 Å². The van der Waals surface area contributed by atoms with E-state index < -0.39 is 0 Å². The smallest absolute Gasteiger partial charge is 0.191 e. The Kier molecular flexibility index (Phi) is 2.99. The summed E-state index contributed by atoms with van der Waals surface area (Å²) in [6, 6.07) is 7.41. The molecular formula is C11H11BrO2. The first kappa shape index (κ1) is 9.87. The fourth-order valence-electron chi connectivity index (χ4n) is 1.58. The number of Topliss-reactive ketones (excluding diaryl/α,β-unsaturated/α-hetero) is 1. The highest BCUT2D eigenvalue weighted by Gasteiger charge is 2.24. The lowest BCUT2D eigenvalue weighted by atomic mass is 10.0. The van der Waals surface area contributed by atoms with Gasteiger partial charge in [0.2, 0.25) is 0 Å². The molecule has 1 aliphatic heterocycles. The number of benzene rings is 1. The first-order chi connectivity index (χ1) is 6.77. The highest BCUT2D eigenvalue weighted by atomic mass is 79.9. The SMILES string of the molecule is O=C(c1ccc(Br)cc1)[C@H]1CCCO1. The second-order valence-electron chi connectivity index (χ2n) is 3.37. The molecule has 2 nitrogen and oxygen atoms in total. The Morgan fingerprint density at radius 1 is 1.36 bits per heavy atom. The zero-order valence-corrected chi connectivity index (χ0v) is 9.29. The van der Waals surface area contributed by atoms with Gasteiger partial charge < -0.3 is 4.74 Å². The monoisotopic (exact) mass is 254 g/mol. The highest BCUT2D eigenvalue weighted by molar-refractivity contribution is 9.10. The van der Waals surface area contributed by atoms with Crippen LogP contribution in [0.15, 0.2) is 28.7 Å². The van der Waals surface area contributed by atoms with Crippen molar-refractivity contribution in [2.24, 2.45) is 0 Å². The van der Waals surface area contributed by atoms with Gasteiger partial charge in [-0.05, 0) is 25.0 Å². The van der Waals surface area contributed by atoms with Gasteiger partial charge in [0.05, 0.1) is 0 Å². The van der Waals surface area contributed by atoms with Gasteiger partial charge in [0.25, 0.3) is 0 Å². The van der Waals surface area contributed by atoms with E-state index in [0.717, 1.165) is 22.9 Å². The molecule has 1 heterocycles. The summed E-state index contributed by atoms with van der Waals surface area (Å²) in [5, 5.41) is 0. The van der Waals surface area contributed by atoms with E-state index in [0.29, 0.717) is 6.61 Å². The van der Waals surface area contributed by atoms with Crippen molar-refractivity contribution in [3.8, 4) is 0 Å². The highest BCUT2D eigenvalue weighted by Crippen LogP contribution is 2.18. The second kappa shape index (κ2) is 4.24. The van der Waals surface area contributed by atoms with E-state index >= 15 is 0 Å². The Hall–Kier alpha value is -0.670. The van der Waals surface area contributed by atoms with Crippen molar-refractivity contribution in [2.45, 2.75) is 18.9 Å². The third-order valence-electron chi connectivity index (χ3n) is 2.35. The molecule has 0 spiro atoms. The number of ether oxygens (including phenoxy) is 1. The lowest BCUT2D eigenvalue weighted by Gasteiger charge is -2.07. The van der Waals surface area contributed by atoms with Crippen LogP contribution in [-0.4, -0.2) is 18.5 Å². The normalized spacial score (nSPS) is 21.1. The molecular weight excluding hydrogens is 244 g/mol. The van der Waals surface area contributed by atoms with Crippen LogP contribution in [0.3, 0.4) is 0 Å². The van der Waals surface area contributed by atoms with Gasteiger partial charge in [-0.1, -0.05) is 28.1 Å². The molecule has 1 aliphatic rings. The zero-order chi connectivity index (χ0) is 9.97. The second-order valence-corrected chi connectivity index (χ2v) is 4.29. The van der Waals surface area contributed by atoms with Crippen LogP contribution in [0.25, 0.3) is 0 Å². The van der Waals surface area contributed by atoms with E-state index in [9.17, 15) is 4.79 Å². The Morgan fingerprint density at radius 3 is 2.64 bits per heavy atom. The summed E-state index contributed by atoms with van der Waals surface area (Å²) < 4.78 is 6.33. The van der Waals surface area contributed by atoms with Gasteiger partial charge in [-0.25, -0.2) is 0 Å². The van der Waals surface area contributed by atoms with E-state index in [-0.39, 0.29) is 11.9 Å². The van der Waals surface area contributed by atoms with E-state index in [4.69, 9.17) is 4.74 Å². The van der Waals surface area contributed by atoms with Gasteiger partial charge in [-0.3, -0.25) is 4.79 Å². The molecule has 0 radical (unpaired) electrons. The van der Waals surface area contributed by atoms with Gasteiger partial charge in [0, 0.05) is 16.6 Å². The molecule has 1 aromatic rings. The van der Waals surface area contributed by atoms with Crippen molar-refractivity contribution in [3.63, 3.8) is 0 Å². The summed E-state index contributed by atoms with van der Waals surface area (Å²) in [5.41, 5.74) is 0.736. The minimum atomic E-state index is -0.212. The summed E-state index contributed by atoms with van der Waals surface area (Å²) in [7, 11) is 0.